The van der Waals surface area contributed by atoms with Crippen molar-refractivity contribution in [1.29, 1.82) is 0 Å². The molecule has 0 fully saturated rings. The zero-order valence-electron chi connectivity index (χ0n) is 36.3. The number of nitrogens with zero attached hydrogens (tertiary/aromatic N) is 5. The third kappa shape index (κ3) is 5.36. The lowest BCUT2D eigenvalue weighted by atomic mass is 10.0. The van der Waals surface area contributed by atoms with Crippen LogP contribution in [0.25, 0.3) is 142 Å². The van der Waals surface area contributed by atoms with Crippen molar-refractivity contribution in [1.82, 2.24) is 24.1 Å². The van der Waals surface area contributed by atoms with Crippen molar-refractivity contribution < 1.29 is 4.42 Å². The van der Waals surface area contributed by atoms with Crippen molar-refractivity contribution in [2.24, 2.45) is 0 Å². The summed E-state index contributed by atoms with van der Waals surface area (Å²) in [5, 5.41) is 11.5. The van der Waals surface area contributed by atoms with E-state index in [1.54, 1.807) is 11.3 Å². The minimum absolute atomic E-state index is 0.534. The second-order valence-electron chi connectivity index (χ2n) is 17.5. The first-order valence-electron chi connectivity index (χ1n) is 22.9. The van der Waals surface area contributed by atoms with Crippen LogP contribution >= 0.6 is 11.3 Å². The zero-order chi connectivity index (χ0) is 44.5. The number of aromatic nitrogens is 5. The van der Waals surface area contributed by atoms with Crippen LogP contribution in [0.2, 0.25) is 0 Å². The van der Waals surface area contributed by atoms with Crippen LogP contribution in [-0.4, -0.2) is 24.1 Å². The Morgan fingerprint density at radius 2 is 0.971 bits per heavy atom. The molecule has 5 heterocycles. The maximum Gasteiger partial charge on any atom is 0.167 e. The Labute approximate surface area is 392 Å². The molecule has 0 aliphatic carbocycles. The number of para-hydroxylation sites is 5. The van der Waals surface area contributed by atoms with E-state index >= 15 is 0 Å². The highest BCUT2D eigenvalue weighted by molar-refractivity contribution is 7.26. The van der Waals surface area contributed by atoms with Gasteiger partial charge in [0.1, 0.15) is 11.2 Å². The van der Waals surface area contributed by atoms with Gasteiger partial charge in [0.05, 0.1) is 38.7 Å². The molecule has 0 unspecified atom stereocenters. The average molecular weight is 886 g/mol. The molecule has 0 aliphatic heterocycles. The fraction of sp³-hybridized carbons (Fsp3) is 0. The van der Waals surface area contributed by atoms with Crippen LogP contribution in [0, 0.1) is 0 Å². The average Bonchev–Trinajstić information content (AvgIpc) is 4.16. The van der Waals surface area contributed by atoms with Gasteiger partial charge in [0.25, 0.3) is 0 Å². The quantitative estimate of drug-likeness (QED) is 0.173. The minimum atomic E-state index is 0.534. The molecule has 0 radical (unpaired) electrons. The summed E-state index contributed by atoms with van der Waals surface area (Å²) >= 11 is 1.77. The number of rotatable bonds is 5. The van der Waals surface area contributed by atoms with E-state index in [0.717, 1.165) is 87.5 Å². The van der Waals surface area contributed by atoms with Crippen molar-refractivity contribution in [3.8, 4) is 45.5 Å². The first-order chi connectivity index (χ1) is 33.7. The third-order valence-corrected chi connectivity index (χ3v) is 15.0. The third-order valence-electron chi connectivity index (χ3n) is 13.8. The van der Waals surface area contributed by atoms with Gasteiger partial charge in [0.15, 0.2) is 17.5 Å². The number of fused-ring (bicyclic) bond motifs is 13. The van der Waals surface area contributed by atoms with Crippen LogP contribution in [0.15, 0.2) is 217 Å². The maximum absolute atomic E-state index is 7.04. The first-order valence-corrected chi connectivity index (χ1v) is 23.7. The summed E-state index contributed by atoms with van der Waals surface area (Å²) in [5.74, 6) is 1.71. The minimum Gasteiger partial charge on any atom is -0.455 e. The molecule has 68 heavy (non-hydrogen) atoms. The Bertz CT molecular complexity index is 4580. The number of hydrogen-bond acceptors (Lipinski definition) is 5. The molecule has 15 rings (SSSR count). The summed E-state index contributed by atoms with van der Waals surface area (Å²) in [4.78, 5) is 16.5. The van der Waals surface area contributed by atoms with Crippen molar-refractivity contribution in [3.05, 3.63) is 212 Å². The molecule has 0 N–H and O–H groups in total. The molecule has 7 heteroatoms. The van der Waals surface area contributed by atoms with Gasteiger partial charge in [-0.1, -0.05) is 140 Å². The smallest absolute Gasteiger partial charge is 0.167 e. The van der Waals surface area contributed by atoms with E-state index in [-0.39, 0.29) is 0 Å². The van der Waals surface area contributed by atoms with Gasteiger partial charge in [-0.2, -0.15) is 0 Å². The predicted molar refractivity (Wildman–Crippen MR) is 282 cm³/mol. The van der Waals surface area contributed by atoms with Gasteiger partial charge in [-0.3, -0.25) is 0 Å². The summed E-state index contributed by atoms with van der Waals surface area (Å²) in [7, 11) is 0. The molecule has 0 amide bonds. The lowest BCUT2D eigenvalue weighted by molar-refractivity contribution is 0.669. The summed E-state index contributed by atoms with van der Waals surface area (Å²) in [6, 6.07) is 75.4. The SMILES string of the molecule is c1ccc(-n2c3ccccc3c3cccc(-c4nc(-c5ccc(-n6c7ccccc7c7cc8ccccc8cc76)c6c5oc5ccccc56)nc(-c5cccc6c5sc5ccccc56)n4)c32)cc1. The molecule has 0 aliphatic rings. The highest BCUT2D eigenvalue weighted by Gasteiger charge is 2.25. The van der Waals surface area contributed by atoms with E-state index in [1.165, 1.54) is 37.0 Å². The van der Waals surface area contributed by atoms with Gasteiger partial charge in [0, 0.05) is 63.9 Å². The lowest BCUT2D eigenvalue weighted by Gasteiger charge is -2.14. The van der Waals surface area contributed by atoms with E-state index in [4.69, 9.17) is 19.4 Å². The summed E-state index contributed by atoms with van der Waals surface area (Å²) in [6.45, 7) is 0. The highest BCUT2D eigenvalue weighted by Crippen LogP contribution is 2.45. The van der Waals surface area contributed by atoms with Crippen molar-refractivity contribution >= 4 is 108 Å². The fourth-order valence-corrected chi connectivity index (χ4v) is 12.0. The summed E-state index contributed by atoms with van der Waals surface area (Å²) in [6.07, 6.45) is 0. The Morgan fingerprint density at radius 1 is 0.382 bits per heavy atom. The molecule has 0 atom stereocenters. The number of furan rings is 1. The summed E-state index contributed by atoms with van der Waals surface area (Å²) in [5.41, 5.74) is 10.7. The van der Waals surface area contributed by atoms with E-state index in [1.807, 2.05) is 6.07 Å². The van der Waals surface area contributed by atoms with Crippen molar-refractivity contribution in [2.75, 3.05) is 0 Å². The molecule has 6 nitrogen and oxygen atoms in total. The molecule has 15 aromatic rings. The number of benzene rings is 10. The molecular formula is C61H35N5OS. The van der Waals surface area contributed by atoms with Gasteiger partial charge >= 0.3 is 0 Å². The van der Waals surface area contributed by atoms with E-state index in [0.29, 0.717) is 17.5 Å². The van der Waals surface area contributed by atoms with Gasteiger partial charge < -0.3 is 13.6 Å². The Balaban J connectivity index is 1.05. The second kappa shape index (κ2) is 14.3. The van der Waals surface area contributed by atoms with Crippen LogP contribution in [0.4, 0.5) is 0 Å². The number of hydrogen-bond donors (Lipinski definition) is 0. The van der Waals surface area contributed by atoms with Gasteiger partial charge in [0.2, 0.25) is 0 Å². The van der Waals surface area contributed by atoms with Crippen molar-refractivity contribution in [3.63, 3.8) is 0 Å². The molecule has 10 aromatic carbocycles. The predicted octanol–water partition coefficient (Wildman–Crippen LogP) is 16.5. The molecular weight excluding hydrogens is 851 g/mol. The fourth-order valence-electron chi connectivity index (χ4n) is 10.8. The Hall–Kier alpha value is -8.91. The van der Waals surface area contributed by atoms with Crippen LogP contribution in [0.5, 0.6) is 0 Å². The molecule has 0 bridgehead atoms. The molecule has 0 spiro atoms. The Morgan fingerprint density at radius 3 is 1.78 bits per heavy atom. The molecule has 0 saturated carbocycles. The summed E-state index contributed by atoms with van der Waals surface area (Å²) < 4.78 is 14.1. The largest absolute Gasteiger partial charge is 0.455 e. The van der Waals surface area contributed by atoms with Gasteiger partial charge in [-0.25, -0.2) is 15.0 Å². The van der Waals surface area contributed by atoms with Crippen LogP contribution in [0.3, 0.4) is 0 Å². The van der Waals surface area contributed by atoms with Crippen LogP contribution in [0.1, 0.15) is 0 Å². The molecule has 5 aromatic heterocycles. The second-order valence-corrected chi connectivity index (χ2v) is 18.5. The van der Waals surface area contributed by atoms with Crippen molar-refractivity contribution in [2.45, 2.75) is 0 Å². The topological polar surface area (TPSA) is 61.7 Å². The lowest BCUT2D eigenvalue weighted by Crippen LogP contribution is -2.03. The molecule has 316 valence electrons. The maximum atomic E-state index is 7.04. The van der Waals surface area contributed by atoms with Crippen LogP contribution in [-0.2, 0) is 0 Å². The molecule has 0 saturated heterocycles. The van der Waals surface area contributed by atoms with Gasteiger partial charge in [-0.05, 0) is 83.6 Å². The van der Waals surface area contributed by atoms with E-state index in [2.05, 4.69) is 215 Å². The zero-order valence-corrected chi connectivity index (χ0v) is 37.1. The highest BCUT2D eigenvalue weighted by atomic mass is 32.1. The Kier molecular flexibility index (Phi) is 7.85. The first kappa shape index (κ1) is 37.3. The van der Waals surface area contributed by atoms with E-state index in [9.17, 15) is 0 Å². The standard InChI is InChI=1S/C61H35N5OS/c1-2-18-38(19-3-1)65-49-28-10-6-20-39(49)42-24-14-26-45(56(42)65)59-62-60(64-61(63-59)47-27-15-25-43-41-22-9-13-31-54(41)68-58(43)47)46-32-33-51(55-44-23-8-12-30-53(44)67-57(46)55)66-50-29-11-7-21-40(50)48-34-36-16-4-5-17-37(36)35-52(48)66/h1-35H. The van der Waals surface area contributed by atoms with E-state index < -0.39 is 0 Å². The monoisotopic (exact) mass is 885 g/mol. The number of thiophene rings is 1. The van der Waals surface area contributed by atoms with Gasteiger partial charge in [-0.15, -0.1) is 11.3 Å². The van der Waals surface area contributed by atoms with Crippen LogP contribution < -0.4 is 0 Å². The normalized spacial score (nSPS) is 12.1.